The highest BCUT2D eigenvalue weighted by Gasteiger charge is 2.11. The summed E-state index contributed by atoms with van der Waals surface area (Å²) in [6.45, 7) is 6.22. The van der Waals surface area contributed by atoms with Crippen LogP contribution in [-0.2, 0) is 4.79 Å². The van der Waals surface area contributed by atoms with Gasteiger partial charge in [-0.05, 0) is 62.8 Å². The Hall–Kier alpha value is -2.73. The van der Waals surface area contributed by atoms with Gasteiger partial charge in [0.15, 0.2) is 10.7 Å². The molecule has 5 nitrogen and oxygen atoms in total. The first kappa shape index (κ1) is 20.0. The van der Waals surface area contributed by atoms with Crippen LogP contribution < -0.4 is 10.6 Å². The Bertz CT molecular complexity index is 990. The van der Waals surface area contributed by atoms with E-state index in [1.807, 2.05) is 18.2 Å². The number of thiocarbonyl (C=S) groups is 1. The fourth-order valence-corrected chi connectivity index (χ4v) is 3.35. The second-order valence-electron chi connectivity index (χ2n) is 7.04. The van der Waals surface area contributed by atoms with Gasteiger partial charge in [-0.1, -0.05) is 37.0 Å². The number of nitrogens with zero attached hydrogens (tertiary/aromatic N) is 1. The van der Waals surface area contributed by atoms with E-state index in [1.54, 1.807) is 0 Å². The normalized spacial score (nSPS) is 10.8. The van der Waals surface area contributed by atoms with Crippen LogP contribution >= 0.6 is 12.2 Å². The third-order valence-electron chi connectivity index (χ3n) is 4.37. The molecule has 0 aliphatic heterocycles. The number of aryl methyl sites for hydroxylation is 2. The summed E-state index contributed by atoms with van der Waals surface area (Å²) in [7, 11) is 0. The van der Waals surface area contributed by atoms with Gasteiger partial charge in [-0.25, -0.2) is 4.98 Å². The zero-order valence-electron chi connectivity index (χ0n) is 16.5. The van der Waals surface area contributed by atoms with E-state index in [0.717, 1.165) is 36.0 Å². The van der Waals surface area contributed by atoms with E-state index in [9.17, 15) is 4.79 Å². The van der Waals surface area contributed by atoms with Crippen LogP contribution in [0.1, 0.15) is 43.7 Å². The summed E-state index contributed by atoms with van der Waals surface area (Å²) in [5.41, 5.74) is 5.48. The summed E-state index contributed by atoms with van der Waals surface area (Å²) in [6, 6.07) is 11.8. The van der Waals surface area contributed by atoms with Gasteiger partial charge in [-0.15, -0.1) is 0 Å². The van der Waals surface area contributed by atoms with Crippen molar-refractivity contribution in [2.24, 2.45) is 0 Å². The number of amides is 1. The Morgan fingerprint density at radius 2 is 1.86 bits per heavy atom. The maximum Gasteiger partial charge on any atom is 0.227 e. The van der Waals surface area contributed by atoms with Crippen molar-refractivity contribution in [3.8, 4) is 11.5 Å². The summed E-state index contributed by atoms with van der Waals surface area (Å²) in [5.74, 6) is 0.524. The lowest BCUT2D eigenvalue weighted by atomic mass is 10.1. The summed E-state index contributed by atoms with van der Waals surface area (Å²) in [6.07, 6.45) is 3.48. The van der Waals surface area contributed by atoms with Crippen LogP contribution in [0, 0.1) is 13.8 Å². The molecule has 0 aliphatic carbocycles. The molecule has 6 heteroatoms. The maximum atomic E-state index is 11.9. The van der Waals surface area contributed by atoms with Gasteiger partial charge < -0.3 is 15.1 Å². The minimum absolute atomic E-state index is 0.0643. The fourth-order valence-electron chi connectivity index (χ4n) is 3.11. The zero-order chi connectivity index (χ0) is 20.1. The molecule has 0 aliphatic rings. The third kappa shape index (κ3) is 5.16. The van der Waals surface area contributed by atoms with Crippen LogP contribution in [0.15, 0.2) is 40.8 Å². The lowest BCUT2D eigenvalue weighted by molar-refractivity contribution is -0.119. The SMILES string of the molecule is CCCCCC(=O)NC(=S)Nc1ccc2oc(-c3cc(C)cc(C)c3)nc2c1. The number of oxazole rings is 1. The second kappa shape index (κ2) is 8.97. The number of anilines is 1. The highest BCUT2D eigenvalue weighted by Crippen LogP contribution is 2.27. The maximum absolute atomic E-state index is 11.9. The molecule has 1 aromatic heterocycles. The van der Waals surface area contributed by atoms with Gasteiger partial charge in [-0.3, -0.25) is 4.79 Å². The van der Waals surface area contributed by atoms with Crippen LogP contribution in [0.25, 0.3) is 22.6 Å². The number of carbonyl (C=O) groups excluding carboxylic acids is 1. The molecule has 0 unspecified atom stereocenters. The Morgan fingerprint density at radius 3 is 2.57 bits per heavy atom. The first-order valence-electron chi connectivity index (χ1n) is 9.54. The number of nitrogens with one attached hydrogen (secondary N) is 2. The van der Waals surface area contributed by atoms with Crippen molar-refractivity contribution in [2.75, 3.05) is 5.32 Å². The van der Waals surface area contributed by atoms with Crippen molar-refractivity contribution in [3.05, 3.63) is 47.5 Å². The molecule has 0 bridgehead atoms. The molecule has 2 aromatic carbocycles. The predicted molar refractivity (Wildman–Crippen MR) is 117 cm³/mol. The van der Waals surface area contributed by atoms with E-state index >= 15 is 0 Å². The summed E-state index contributed by atoms with van der Waals surface area (Å²) in [4.78, 5) is 16.5. The number of fused-ring (bicyclic) bond motifs is 1. The van der Waals surface area contributed by atoms with Crippen LogP contribution in [0.2, 0.25) is 0 Å². The molecule has 3 aromatic rings. The number of rotatable bonds is 6. The number of carbonyl (C=O) groups is 1. The number of hydrogen-bond acceptors (Lipinski definition) is 4. The molecule has 3 rings (SSSR count). The van der Waals surface area contributed by atoms with Gasteiger partial charge in [-0.2, -0.15) is 0 Å². The summed E-state index contributed by atoms with van der Waals surface area (Å²) < 4.78 is 5.90. The van der Waals surface area contributed by atoms with E-state index in [-0.39, 0.29) is 5.91 Å². The Balaban J connectivity index is 1.70. The van der Waals surface area contributed by atoms with Crippen molar-refractivity contribution in [1.82, 2.24) is 10.3 Å². The summed E-state index contributed by atoms with van der Waals surface area (Å²) >= 11 is 5.24. The van der Waals surface area contributed by atoms with Crippen LogP contribution in [0.4, 0.5) is 5.69 Å². The minimum Gasteiger partial charge on any atom is -0.436 e. The van der Waals surface area contributed by atoms with Gasteiger partial charge in [0, 0.05) is 17.7 Å². The number of hydrogen-bond donors (Lipinski definition) is 2. The number of unbranched alkanes of at least 4 members (excludes halogenated alkanes) is 2. The lowest BCUT2D eigenvalue weighted by Crippen LogP contribution is -2.33. The average Bonchev–Trinajstić information content (AvgIpc) is 3.04. The molecule has 0 spiro atoms. The topological polar surface area (TPSA) is 67.2 Å². The first-order chi connectivity index (χ1) is 13.4. The highest BCUT2D eigenvalue weighted by molar-refractivity contribution is 7.80. The average molecular weight is 396 g/mol. The largest absolute Gasteiger partial charge is 0.436 e. The van der Waals surface area contributed by atoms with E-state index in [4.69, 9.17) is 16.6 Å². The van der Waals surface area contributed by atoms with Gasteiger partial charge >= 0.3 is 0 Å². The molecule has 0 saturated heterocycles. The molecule has 28 heavy (non-hydrogen) atoms. The molecule has 146 valence electrons. The van der Waals surface area contributed by atoms with Crippen molar-refractivity contribution in [1.29, 1.82) is 0 Å². The van der Waals surface area contributed by atoms with E-state index in [0.29, 0.717) is 23.0 Å². The Morgan fingerprint density at radius 1 is 1.11 bits per heavy atom. The van der Waals surface area contributed by atoms with Gasteiger partial charge in [0.25, 0.3) is 0 Å². The molecule has 0 fully saturated rings. The second-order valence-corrected chi connectivity index (χ2v) is 7.45. The van der Waals surface area contributed by atoms with Crippen LogP contribution in [0.3, 0.4) is 0 Å². The Labute approximate surface area is 170 Å². The minimum atomic E-state index is -0.0643. The van der Waals surface area contributed by atoms with Crippen molar-refractivity contribution >= 4 is 40.0 Å². The molecule has 0 radical (unpaired) electrons. The standard InChI is InChI=1S/C22H25N3O2S/c1-4-5-6-7-20(26)25-22(28)23-17-8-9-19-18(13-17)24-21(27-19)16-11-14(2)10-15(3)12-16/h8-13H,4-7H2,1-3H3,(H2,23,25,26,28). The molecule has 1 amide bonds. The first-order valence-corrected chi connectivity index (χ1v) is 9.95. The van der Waals surface area contributed by atoms with Crippen molar-refractivity contribution in [2.45, 2.75) is 46.5 Å². The van der Waals surface area contributed by atoms with Crippen molar-refractivity contribution < 1.29 is 9.21 Å². The molecular weight excluding hydrogens is 370 g/mol. The molecule has 0 atom stereocenters. The highest BCUT2D eigenvalue weighted by atomic mass is 32.1. The van der Waals surface area contributed by atoms with E-state index < -0.39 is 0 Å². The van der Waals surface area contributed by atoms with Crippen LogP contribution in [-0.4, -0.2) is 16.0 Å². The summed E-state index contributed by atoms with van der Waals surface area (Å²) in [5, 5.41) is 6.05. The van der Waals surface area contributed by atoms with Gasteiger partial charge in [0.1, 0.15) is 5.52 Å². The predicted octanol–water partition coefficient (Wildman–Crippen LogP) is 5.50. The molecule has 1 heterocycles. The Kier molecular flexibility index (Phi) is 6.41. The van der Waals surface area contributed by atoms with E-state index in [1.165, 1.54) is 11.1 Å². The molecule has 2 N–H and O–H groups in total. The van der Waals surface area contributed by atoms with Crippen LogP contribution in [0.5, 0.6) is 0 Å². The molecule has 0 saturated carbocycles. The third-order valence-corrected chi connectivity index (χ3v) is 4.58. The fraction of sp³-hybridized carbons (Fsp3) is 0.318. The molecular formula is C22H25N3O2S. The van der Waals surface area contributed by atoms with Crippen molar-refractivity contribution in [3.63, 3.8) is 0 Å². The monoisotopic (exact) mass is 395 g/mol. The van der Waals surface area contributed by atoms with Gasteiger partial charge in [0.2, 0.25) is 11.8 Å². The number of aromatic nitrogens is 1. The van der Waals surface area contributed by atoms with E-state index in [2.05, 4.69) is 54.6 Å². The quantitative estimate of drug-likeness (QED) is 0.426. The van der Waals surface area contributed by atoms with Gasteiger partial charge in [0.05, 0.1) is 0 Å². The lowest BCUT2D eigenvalue weighted by Gasteiger charge is -2.09. The smallest absolute Gasteiger partial charge is 0.227 e. The number of benzene rings is 2. The zero-order valence-corrected chi connectivity index (χ0v) is 17.3.